The number of carbonyl (C=O) groups excluding carboxylic acids is 2. The molecule has 0 atom stereocenters. The van der Waals surface area contributed by atoms with Gasteiger partial charge < -0.3 is 10.6 Å². The van der Waals surface area contributed by atoms with Crippen LogP contribution in [0.5, 0.6) is 0 Å². The van der Waals surface area contributed by atoms with E-state index in [0.29, 0.717) is 21.6 Å². The first-order valence-electron chi connectivity index (χ1n) is 11.4. The van der Waals surface area contributed by atoms with Gasteiger partial charge in [0.25, 0.3) is 11.5 Å². The quantitative estimate of drug-likeness (QED) is 0.384. The van der Waals surface area contributed by atoms with Crippen molar-refractivity contribution < 1.29 is 18.4 Å². The molecule has 2 aromatic heterocycles. The fourth-order valence-electron chi connectivity index (χ4n) is 4.34. The second-order valence-electron chi connectivity index (χ2n) is 8.63. The van der Waals surface area contributed by atoms with Crippen molar-refractivity contribution in [3.8, 4) is 0 Å². The first kappa shape index (κ1) is 23.9. The number of anilines is 1. The number of halogens is 2. The molecule has 0 unspecified atom stereocenters. The topological polar surface area (TPSA) is 110 Å². The summed E-state index contributed by atoms with van der Waals surface area (Å²) >= 11 is 1.01. The highest BCUT2D eigenvalue weighted by molar-refractivity contribution is 7.99. The van der Waals surface area contributed by atoms with Crippen LogP contribution in [0.2, 0.25) is 0 Å². The van der Waals surface area contributed by atoms with Gasteiger partial charge in [0.2, 0.25) is 11.7 Å². The van der Waals surface area contributed by atoms with E-state index < -0.39 is 17.5 Å². The Morgan fingerprint density at radius 2 is 1.89 bits per heavy atom. The van der Waals surface area contributed by atoms with Gasteiger partial charge in [-0.1, -0.05) is 24.6 Å². The van der Waals surface area contributed by atoms with E-state index in [4.69, 9.17) is 0 Å². The normalized spacial score (nSPS) is 14.0. The van der Waals surface area contributed by atoms with Crippen LogP contribution in [0.3, 0.4) is 0 Å². The molecular formula is C24H22F2N6O3S. The summed E-state index contributed by atoms with van der Waals surface area (Å²) in [6.07, 6.45) is 4.05. The molecular weight excluding hydrogens is 490 g/mol. The van der Waals surface area contributed by atoms with E-state index in [9.17, 15) is 23.2 Å². The van der Waals surface area contributed by atoms with Crippen LogP contribution in [-0.2, 0) is 11.8 Å². The van der Waals surface area contributed by atoms with Crippen molar-refractivity contribution in [3.63, 3.8) is 0 Å². The van der Waals surface area contributed by atoms with E-state index in [1.165, 1.54) is 4.57 Å². The molecule has 0 saturated heterocycles. The zero-order valence-corrected chi connectivity index (χ0v) is 20.1. The fraction of sp³-hybridized carbons (Fsp3) is 0.292. The van der Waals surface area contributed by atoms with Crippen LogP contribution in [0, 0.1) is 11.6 Å². The van der Waals surface area contributed by atoms with Gasteiger partial charge in [-0.2, -0.15) is 0 Å². The number of hydrogen-bond donors (Lipinski definition) is 2. The Balaban J connectivity index is 1.45. The van der Waals surface area contributed by atoms with Gasteiger partial charge in [-0.15, -0.1) is 10.2 Å². The number of thioether (sulfide) groups is 1. The Labute approximate surface area is 207 Å². The van der Waals surface area contributed by atoms with Gasteiger partial charge in [-0.3, -0.25) is 23.4 Å². The van der Waals surface area contributed by atoms with E-state index >= 15 is 0 Å². The molecule has 1 saturated carbocycles. The van der Waals surface area contributed by atoms with Crippen molar-refractivity contribution in [2.45, 2.75) is 36.9 Å². The Kier molecular flexibility index (Phi) is 6.44. The second kappa shape index (κ2) is 9.69. The lowest BCUT2D eigenvalue weighted by atomic mass is 10.1. The predicted octanol–water partition coefficient (Wildman–Crippen LogP) is 3.26. The lowest BCUT2D eigenvalue weighted by Gasteiger charge is -2.13. The van der Waals surface area contributed by atoms with Gasteiger partial charge >= 0.3 is 0 Å². The predicted molar refractivity (Wildman–Crippen MR) is 131 cm³/mol. The molecule has 0 radical (unpaired) electrons. The molecule has 2 aromatic carbocycles. The minimum atomic E-state index is -0.757. The van der Waals surface area contributed by atoms with Gasteiger partial charge in [-0.05, 0) is 43.2 Å². The van der Waals surface area contributed by atoms with Crippen LogP contribution < -0.4 is 16.2 Å². The SMILES string of the molecule is Cn1c(=O)c2ccc(C(=O)NC3CCCC3)cc2n2c(SCC(=O)Nc3cc(F)ccc3F)nnc12. The lowest BCUT2D eigenvalue weighted by molar-refractivity contribution is -0.113. The van der Waals surface area contributed by atoms with Gasteiger partial charge in [0.05, 0.1) is 22.3 Å². The molecule has 9 nitrogen and oxygen atoms in total. The molecule has 1 aliphatic rings. The molecule has 4 aromatic rings. The molecule has 2 N–H and O–H groups in total. The molecule has 5 rings (SSSR count). The van der Waals surface area contributed by atoms with Gasteiger partial charge in [-0.25, -0.2) is 8.78 Å². The third-order valence-corrected chi connectivity index (χ3v) is 7.11. The maximum Gasteiger partial charge on any atom is 0.262 e. The third kappa shape index (κ3) is 4.55. The number of nitrogens with zero attached hydrogens (tertiary/aromatic N) is 4. The van der Waals surface area contributed by atoms with Gasteiger partial charge in [0.1, 0.15) is 11.6 Å². The van der Waals surface area contributed by atoms with E-state index in [1.807, 2.05) is 0 Å². The Bertz CT molecular complexity index is 1560. The number of aryl methyl sites for hydroxylation is 1. The lowest BCUT2D eigenvalue weighted by Crippen LogP contribution is -2.32. The van der Waals surface area contributed by atoms with Crippen molar-refractivity contribution in [1.29, 1.82) is 0 Å². The maximum absolute atomic E-state index is 13.9. The largest absolute Gasteiger partial charge is 0.349 e. The zero-order chi connectivity index (χ0) is 25.4. The number of aromatic nitrogens is 4. The summed E-state index contributed by atoms with van der Waals surface area (Å²) in [6.45, 7) is 0. The van der Waals surface area contributed by atoms with E-state index in [-0.39, 0.29) is 34.7 Å². The highest BCUT2D eigenvalue weighted by atomic mass is 32.2. The third-order valence-electron chi connectivity index (χ3n) is 6.18. The maximum atomic E-state index is 13.9. The molecule has 1 aliphatic carbocycles. The number of benzene rings is 2. The number of carbonyl (C=O) groups is 2. The Hall–Kier alpha value is -3.80. The van der Waals surface area contributed by atoms with Crippen molar-refractivity contribution >= 4 is 45.9 Å². The summed E-state index contributed by atoms with van der Waals surface area (Å²) in [5.74, 6) is -2.18. The van der Waals surface area contributed by atoms with Gasteiger partial charge in [0, 0.05) is 24.7 Å². The number of amides is 2. The monoisotopic (exact) mass is 512 g/mol. The first-order valence-corrected chi connectivity index (χ1v) is 12.4. The smallest absolute Gasteiger partial charge is 0.262 e. The molecule has 186 valence electrons. The average Bonchev–Trinajstić information content (AvgIpc) is 3.53. The van der Waals surface area contributed by atoms with Crippen molar-refractivity contribution in [3.05, 3.63) is 63.9 Å². The molecule has 0 aliphatic heterocycles. The number of fused-ring (bicyclic) bond motifs is 3. The second-order valence-corrected chi connectivity index (χ2v) is 9.57. The zero-order valence-electron chi connectivity index (χ0n) is 19.3. The molecule has 36 heavy (non-hydrogen) atoms. The summed E-state index contributed by atoms with van der Waals surface area (Å²) in [6, 6.07) is 7.73. The highest BCUT2D eigenvalue weighted by Gasteiger charge is 2.21. The number of nitrogens with one attached hydrogen (secondary N) is 2. The molecule has 0 bridgehead atoms. The van der Waals surface area contributed by atoms with Crippen molar-refractivity contribution in [2.24, 2.45) is 7.05 Å². The van der Waals surface area contributed by atoms with Gasteiger partial charge in [0.15, 0.2) is 5.16 Å². The van der Waals surface area contributed by atoms with Crippen LogP contribution in [0.4, 0.5) is 14.5 Å². The van der Waals surface area contributed by atoms with Crippen LogP contribution in [0.25, 0.3) is 16.7 Å². The summed E-state index contributed by atoms with van der Waals surface area (Å²) < 4.78 is 30.2. The molecule has 1 fully saturated rings. The molecule has 0 spiro atoms. The summed E-state index contributed by atoms with van der Waals surface area (Å²) in [5.41, 5.74) is 0.255. The van der Waals surface area contributed by atoms with Crippen LogP contribution in [0.15, 0.2) is 46.3 Å². The summed E-state index contributed by atoms with van der Waals surface area (Å²) in [4.78, 5) is 38.1. The van der Waals surface area contributed by atoms with Crippen molar-refractivity contribution in [2.75, 3.05) is 11.1 Å². The first-order chi connectivity index (χ1) is 17.3. The average molecular weight is 513 g/mol. The van der Waals surface area contributed by atoms with E-state index in [2.05, 4.69) is 20.8 Å². The van der Waals surface area contributed by atoms with Crippen LogP contribution in [0.1, 0.15) is 36.0 Å². The minimum Gasteiger partial charge on any atom is -0.349 e. The van der Waals surface area contributed by atoms with Crippen LogP contribution in [-0.4, -0.2) is 42.8 Å². The number of rotatable bonds is 6. The van der Waals surface area contributed by atoms with E-state index in [0.717, 1.165) is 55.6 Å². The van der Waals surface area contributed by atoms with Crippen molar-refractivity contribution in [1.82, 2.24) is 24.5 Å². The molecule has 12 heteroatoms. The highest BCUT2D eigenvalue weighted by Crippen LogP contribution is 2.24. The Morgan fingerprint density at radius 3 is 2.67 bits per heavy atom. The molecule has 2 heterocycles. The number of hydrogen-bond acceptors (Lipinski definition) is 6. The van der Waals surface area contributed by atoms with E-state index in [1.54, 1.807) is 29.6 Å². The standard InChI is InChI=1S/C24H22F2N6O3S/c1-31-22(35)16-8-6-13(21(34)27-15-4-2-3-5-15)10-19(16)32-23(31)29-30-24(32)36-12-20(33)28-18-11-14(25)7-9-17(18)26/h6-11,15H,2-5,12H2,1H3,(H,27,34)(H,28,33). The summed E-state index contributed by atoms with van der Waals surface area (Å²) in [5, 5.41) is 14.2. The Morgan fingerprint density at radius 1 is 1.11 bits per heavy atom. The van der Waals surface area contributed by atoms with Crippen LogP contribution >= 0.6 is 11.8 Å². The molecule has 2 amide bonds. The minimum absolute atomic E-state index is 0.138. The summed E-state index contributed by atoms with van der Waals surface area (Å²) in [7, 11) is 1.56. The fourth-order valence-corrected chi connectivity index (χ4v) is 5.08.